The Bertz CT molecular complexity index is 665. The van der Waals surface area contributed by atoms with Gasteiger partial charge in [0, 0.05) is 24.5 Å². The number of nitrogens with one attached hydrogen (secondary N) is 1. The maximum Gasteiger partial charge on any atom is 0.248 e. The summed E-state index contributed by atoms with van der Waals surface area (Å²) in [6.45, 7) is 5.97. The lowest BCUT2D eigenvalue weighted by Crippen LogP contribution is -2.45. The second-order valence-corrected chi connectivity index (χ2v) is 6.28. The SMILES string of the molecule is CC(C)N(C)c1cccc(NC(=O)C(C)(N)c2ccccc2)c1. The third-order valence-electron chi connectivity index (χ3n) is 4.13. The first-order valence-electron chi connectivity index (χ1n) is 7.81. The van der Waals surface area contributed by atoms with Gasteiger partial charge < -0.3 is 16.0 Å². The first kappa shape index (κ1) is 17.0. The Labute approximate surface area is 138 Å². The maximum atomic E-state index is 12.6. The smallest absolute Gasteiger partial charge is 0.248 e. The van der Waals surface area contributed by atoms with Crippen molar-refractivity contribution in [1.29, 1.82) is 0 Å². The number of hydrogen-bond acceptors (Lipinski definition) is 3. The molecule has 0 saturated carbocycles. The van der Waals surface area contributed by atoms with Crippen LogP contribution in [0.1, 0.15) is 26.3 Å². The molecule has 0 saturated heterocycles. The third kappa shape index (κ3) is 3.90. The molecule has 2 rings (SSSR count). The molecule has 0 aromatic heterocycles. The summed E-state index contributed by atoms with van der Waals surface area (Å²) < 4.78 is 0. The van der Waals surface area contributed by atoms with E-state index in [4.69, 9.17) is 5.73 Å². The number of benzene rings is 2. The van der Waals surface area contributed by atoms with Crippen molar-refractivity contribution in [3.8, 4) is 0 Å². The Morgan fingerprint density at radius 3 is 2.39 bits per heavy atom. The second kappa shape index (κ2) is 6.84. The van der Waals surface area contributed by atoms with Gasteiger partial charge >= 0.3 is 0 Å². The lowest BCUT2D eigenvalue weighted by Gasteiger charge is -2.26. The molecule has 2 aromatic carbocycles. The first-order valence-corrected chi connectivity index (χ1v) is 7.81. The molecule has 0 fully saturated rings. The minimum absolute atomic E-state index is 0.229. The molecule has 2 aromatic rings. The number of carbonyl (C=O) groups is 1. The predicted octanol–water partition coefficient (Wildman–Crippen LogP) is 3.34. The molecular formula is C19H25N3O. The van der Waals surface area contributed by atoms with E-state index in [1.807, 2.05) is 61.6 Å². The van der Waals surface area contributed by atoms with Crippen LogP contribution in [0.15, 0.2) is 54.6 Å². The molecule has 3 N–H and O–H groups in total. The van der Waals surface area contributed by atoms with Crippen molar-refractivity contribution in [2.75, 3.05) is 17.3 Å². The average Bonchev–Trinajstić information content (AvgIpc) is 2.55. The fourth-order valence-corrected chi connectivity index (χ4v) is 2.28. The van der Waals surface area contributed by atoms with Crippen molar-refractivity contribution < 1.29 is 4.79 Å². The van der Waals surface area contributed by atoms with Crippen LogP contribution < -0.4 is 16.0 Å². The summed E-state index contributed by atoms with van der Waals surface area (Å²) in [5.74, 6) is -0.229. The largest absolute Gasteiger partial charge is 0.372 e. The zero-order chi connectivity index (χ0) is 17.0. The van der Waals surface area contributed by atoms with Gasteiger partial charge in [-0.15, -0.1) is 0 Å². The van der Waals surface area contributed by atoms with Crippen LogP contribution in [0.4, 0.5) is 11.4 Å². The standard InChI is InChI=1S/C19H25N3O/c1-14(2)22(4)17-12-8-11-16(13-17)21-18(23)19(3,20)15-9-6-5-7-10-15/h5-14H,20H2,1-4H3,(H,21,23). The van der Waals surface area contributed by atoms with E-state index in [1.54, 1.807) is 6.92 Å². The summed E-state index contributed by atoms with van der Waals surface area (Å²) in [6.07, 6.45) is 0. The fraction of sp³-hybridized carbons (Fsp3) is 0.316. The van der Waals surface area contributed by atoms with Gasteiger partial charge in [0.2, 0.25) is 5.91 Å². The highest BCUT2D eigenvalue weighted by Gasteiger charge is 2.30. The highest BCUT2D eigenvalue weighted by Crippen LogP contribution is 2.23. The van der Waals surface area contributed by atoms with E-state index in [2.05, 4.69) is 24.1 Å². The molecule has 0 aliphatic heterocycles. The summed E-state index contributed by atoms with van der Waals surface area (Å²) in [7, 11) is 2.03. The third-order valence-corrected chi connectivity index (χ3v) is 4.13. The molecule has 1 unspecified atom stereocenters. The number of hydrogen-bond donors (Lipinski definition) is 2. The highest BCUT2D eigenvalue weighted by molar-refractivity contribution is 5.98. The molecule has 0 heterocycles. The number of amides is 1. The number of rotatable bonds is 5. The Hall–Kier alpha value is -2.33. The normalized spacial score (nSPS) is 13.5. The van der Waals surface area contributed by atoms with Crippen LogP contribution in [-0.2, 0) is 10.3 Å². The molecule has 122 valence electrons. The molecule has 4 nitrogen and oxygen atoms in total. The maximum absolute atomic E-state index is 12.6. The van der Waals surface area contributed by atoms with E-state index in [-0.39, 0.29) is 5.91 Å². The minimum Gasteiger partial charge on any atom is -0.372 e. The Morgan fingerprint density at radius 2 is 1.78 bits per heavy atom. The van der Waals surface area contributed by atoms with Gasteiger partial charge in [0.25, 0.3) is 0 Å². The van der Waals surface area contributed by atoms with Gasteiger partial charge in [-0.2, -0.15) is 0 Å². The monoisotopic (exact) mass is 311 g/mol. The lowest BCUT2D eigenvalue weighted by atomic mass is 9.92. The number of nitrogens with two attached hydrogens (primary N) is 1. The van der Waals surface area contributed by atoms with Crippen molar-refractivity contribution >= 4 is 17.3 Å². The van der Waals surface area contributed by atoms with E-state index in [1.165, 1.54) is 0 Å². The fourth-order valence-electron chi connectivity index (χ4n) is 2.28. The summed E-state index contributed by atoms with van der Waals surface area (Å²) in [4.78, 5) is 14.7. The lowest BCUT2D eigenvalue weighted by molar-refractivity contribution is -0.120. The van der Waals surface area contributed by atoms with Gasteiger partial charge in [0.1, 0.15) is 5.54 Å². The number of nitrogens with zero attached hydrogens (tertiary/aromatic N) is 1. The molecule has 0 aliphatic carbocycles. The molecule has 23 heavy (non-hydrogen) atoms. The van der Waals surface area contributed by atoms with Crippen LogP contribution in [-0.4, -0.2) is 19.0 Å². The molecule has 1 amide bonds. The van der Waals surface area contributed by atoms with Crippen LogP contribution in [0.2, 0.25) is 0 Å². The van der Waals surface area contributed by atoms with E-state index in [0.717, 1.165) is 16.9 Å². The van der Waals surface area contributed by atoms with Crippen molar-refractivity contribution in [3.63, 3.8) is 0 Å². The average molecular weight is 311 g/mol. The van der Waals surface area contributed by atoms with Gasteiger partial charge in [-0.05, 0) is 44.5 Å². The first-order chi connectivity index (χ1) is 10.8. The van der Waals surface area contributed by atoms with Crippen molar-refractivity contribution in [2.45, 2.75) is 32.4 Å². The van der Waals surface area contributed by atoms with Crippen LogP contribution in [0.25, 0.3) is 0 Å². The molecule has 0 spiro atoms. The van der Waals surface area contributed by atoms with Gasteiger partial charge in [-0.1, -0.05) is 36.4 Å². The number of carbonyl (C=O) groups excluding carboxylic acids is 1. The summed E-state index contributed by atoms with van der Waals surface area (Å²) in [5.41, 5.74) is 7.75. The Balaban J connectivity index is 2.19. The Morgan fingerprint density at radius 1 is 1.13 bits per heavy atom. The molecule has 0 aliphatic rings. The summed E-state index contributed by atoms with van der Waals surface area (Å²) in [6, 6.07) is 17.6. The zero-order valence-electron chi connectivity index (χ0n) is 14.2. The molecular weight excluding hydrogens is 286 g/mol. The molecule has 1 atom stereocenters. The van der Waals surface area contributed by atoms with E-state index < -0.39 is 5.54 Å². The quantitative estimate of drug-likeness (QED) is 0.890. The summed E-state index contributed by atoms with van der Waals surface area (Å²) >= 11 is 0. The Kier molecular flexibility index (Phi) is 5.06. The molecule has 0 radical (unpaired) electrons. The van der Waals surface area contributed by atoms with Gasteiger partial charge in [-0.3, -0.25) is 4.79 Å². The van der Waals surface area contributed by atoms with Crippen molar-refractivity contribution in [3.05, 3.63) is 60.2 Å². The topological polar surface area (TPSA) is 58.4 Å². The molecule has 4 heteroatoms. The van der Waals surface area contributed by atoms with Crippen molar-refractivity contribution in [2.24, 2.45) is 5.73 Å². The van der Waals surface area contributed by atoms with Gasteiger partial charge in [-0.25, -0.2) is 0 Å². The number of anilines is 2. The zero-order valence-corrected chi connectivity index (χ0v) is 14.2. The van der Waals surface area contributed by atoms with Crippen LogP contribution in [0, 0.1) is 0 Å². The van der Waals surface area contributed by atoms with E-state index >= 15 is 0 Å². The summed E-state index contributed by atoms with van der Waals surface area (Å²) in [5, 5.41) is 2.92. The van der Waals surface area contributed by atoms with Gasteiger partial charge in [0.05, 0.1) is 0 Å². The second-order valence-electron chi connectivity index (χ2n) is 6.28. The van der Waals surface area contributed by atoms with E-state index in [9.17, 15) is 4.79 Å². The van der Waals surface area contributed by atoms with Crippen molar-refractivity contribution in [1.82, 2.24) is 0 Å². The van der Waals surface area contributed by atoms with Crippen LogP contribution in [0.3, 0.4) is 0 Å². The van der Waals surface area contributed by atoms with Gasteiger partial charge in [0.15, 0.2) is 0 Å². The van der Waals surface area contributed by atoms with Crippen LogP contribution in [0.5, 0.6) is 0 Å². The minimum atomic E-state index is -1.08. The highest BCUT2D eigenvalue weighted by atomic mass is 16.2. The van der Waals surface area contributed by atoms with Crippen LogP contribution >= 0.6 is 0 Å². The molecule has 0 bridgehead atoms. The predicted molar refractivity (Wildman–Crippen MR) is 96.6 cm³/mol. The van der Waals surface area contributed by atoms with E-state index in [0.29, 0.717) is 6.04 Å².